The van der Waals surface area contributed by atoms with Crippen molar-refractivity contribution in [3.63, 3.8) is 0 Å². The topological polar surface area (TPSA) is 64.9 Å². The lowest BCUT2D eigenvalue weighted by atomic mass is 9.64. The fourth-order valence-electron chi connectivity index (χ4n) is 2.90. The molecule has 1 aromatic carbocycles. The van der Waals surface area contributed by atoms with Gasteiger partial charge in [-0.25, -0.2) is 0 Å². The monoisotopic (exact) mass is 271 g/mol. The molecule has 1 fully saturated rings. The van der Waals surface area contributed by atoms with E-state index < -0.39 is 0 Å². The highest BCUT2D eigenvalue weighted by Crippen LogP contribution is 2.47. The Labute approximate surface area is 119 Å². The first-order valence-electron chi connectivity index (χ1n) is 7.44. The van der Waals surface area contributed by atoms with Gasteiger partial charge in [0.15, 0.2) is 5.82 Å². The first-order valence-corrected chi connectivity index (χ1v) is 7.44. The second kappa shape index (κ2) is 5.75. The van der Waals surface area contributed by atoms with Crippen LogP contribution in [0.15, 0.2) is 34.9 Å². The molecule has 0 radical (unpaired) electrons. The summed E-state index contributed by atoms with van der Waals surface area (Å²) in [5, 5.41) is 4.25. The summed E-state index contributed by atoms with van der Waals surface area (Å²) in [6, 6.07) is 10.5. The van der Waals surface area contributed by atoms with Crippen LogP contribution < -0.4 is 5.73 Å². The van der Waals surface area contributed by atoms with E-state index >= 15 is 0 Å². The lowest BCUT2D eigenvalue weighted by molar-refractivity contribution is 0.270. The molecule has 2 N–H and O–H groups in total. The van der Waals surface area contributed by atoms with Gasteiger partial charge in [0, 0.05) is 6.42 Å². The molecular formula is C16H21N3O. The van der Waals surface area contributed by atoms with Gasteiger partial charge >= 0.3 is 0 Å². The molecule has 0 atom stereocenters. The van der Waals surface area contributed by atoms with E-state index in [2.05, 4.69) is 34.4 Å². The highest BCUT2D eigenvalue weighted by molar-refractivity contribution is 5.35. The second-order valence-corrected chi connectivity index (χ2v) is 5.56. The van der Waals surface area contributed by atoms with Crippen molar-refractivity contribution < 1.29 is 4.52 Å². The third-order valence-electron chi connectivity index (χ3n) is 4.27. The van der Waals surface area contributed by atoms with Crippen molar-refractivity contribution in [3.05, 3.63) is 47.6 Å². The van der Waals surface area contributed by atoms with E-state index in [-0.39, 0.29) is 5.41 Å². The van der Waals surface area contributed by atoms with Crippen LogP contribution in [0.1, 0.15) is 49.4 Å². The molecule has 1 aromatic heterocycles. The minimum absolute atomic E-state index is 0.0170. The number of hydrogen-bond acceptors (Lipinski definition) is 4. The molecule has 0 bridgehead atoms. The minimum Gasteiger partial charge on any atom is -0.339 e. The smallest absolute Gasteiger partial charge is 0.226 e. The summed E-state index contributed by atoms with van der Waals surface area (Å²) in [5.74, 6) is 1.60. The Kier molecular flexibility index (Phi) is 3.83. The Morgan fingerprint density at radius 1 is 1.15 bits per heavy atom. The van der Waals surface area contributed by atoms with E-state index in [9.17, 15) is 0 Å². The molecule has 0 amide bonds. The Hall–Kier alpha value is -1.68. The molecule has 1 aliphatic rings. The van der Waals surface area contributed by atoms with E-state index in [1.54, 1.807) is 0 Å². The standard InChI is InChI=1S/C16H21N3O/c17-12-5-4-9-14-18-15(19-20-14)16(10-6-11-16)13-7-2-1-3-8-13/h1-3,7-8H,4-6,9-12,17H2. The van der Waals surface area contributed by atoms with Crippen molar-refractivity contribution in [2.45, 2.75) is 43.9 Å². The van der Waals surface area contributed by atoms with Gasteiger partial charge in [0.1, 0.15) is 0 Å². The maximum absolute atomic E-state index is 5.51. The third-order valence-corrected chi connectivity index (χ3v) is 4.27. The number of nitrogens with zero attached hydrogens (tertiary/aromatic N) is 2. The first kappa shape index (κ1) is 13.3. The molecule has 106 valence electrons. The maximum Gasteiger partial charge on any atom is 0.226 e. The number of benzene rings is 1. The van der Waals surface area contributed by atoms with Gasteiger partial charge in [0.05, 0.1) is 5.41 Å². The largest absolute Gasteiger partial charge is 0.339 e. The number of aromatic nitrogens is 2. The van der Waals surface area contributed by atoms with Gasteiger partial charge in [-0.15, -0.1) is 0 Å². The highest BCUT2D eigenvalue weighted by atomic mass is 16.5. The SMILES string of the molecule is NCCCCc1nc(C2(c3ccccc3)CCC2)no1. The van der Waals surface area contributed by atoms with Crippen LogP contribution in [-0.4, -0.2) is 16.7 Å². The van der Waals surface area contributed by atoms with E-state index in [0.29, 0.717) is 0 Å². The predicted octanol–water partition coefficient (Wildman–Crippen LogP) is 2.82. The van der Waals surface area contributed by atoms with Crippen molar-refractivity contribution in [3.8, 4) is 0 Å². The Morgan fingerprint density at radius 2 is 1.95 bits per heavy atom. The lowest BCUT2D eigenvalue weighted by Gasteiger charge is -2.39. The summed E-state index contributed by atoms with van der Waals surface area (Å²) in [6.07, 6.45) is 6.29. The Bertz CT molecular complexity index is 546. The normalized spacial score (nSPS) is 16.9. The van der Waals surface area contributed by atoms with Crippen LogP contribution >= 0.6 is 0 Å². The molecule has 4 heteroatoms. The molecule has 1 saturated carbocycles. The lowest BCUT2D eigenvalue weighted by Crippen LogP contribution is -2.36. The quantitative estimate of drug-likeness (QED) is 0.820. The molecule has 2 aromatic rings. The maximum atomic E-state index is 5.51. The molecule has 3 rings (SSSR count). The van der Waals surface area contributed by atoms with Gasteiger partial charge in [-0.1, -0.05) is 41.9 Å². The van der Waals surface area contributed by atoms with E-state index in [1.165, 1.54) is 12.0 Å². The zero-order valence-corrected chi connectivity index (χ0v) is 11.7. The van der Waals surface area contributed by atoms with Crippen LogP contribution in [0.2, 0.25) is 0 Å². The molecule has 1 heterocycles. The second-order valence-electron chi connectivity index (χ2n) is 5.56. The number of hydrogen-bond donors (Lipinski definition) is 1. The molecule has 0 spiro atoms. The molecule has 1 aliphatic carbocycles. The summed E-state index contributed by atoms with van der Waals surface area (Å²) in [5.41, 5.74) is 6.80. The minimum atomic E-state index is -0.0170. The highest BCUT2D eigenvalue weighted by Gasteiger charge is 2.44. The van der Waals surface area contributed by atoms with Gasteiger partial charge in [-0.05, 0) is 37.8 Å². The first-order chi connectivity index (χ1) is 9.85. The van der Waals surface area contributed by atoms with Crippen molar-refractivity contribution in [2.24, 2.45) is 5.73 Å². The molecule has 4 nitrogen and oxygen atoms in total. The van der Waals surface area contributed by atoms with Crippen molar-refractivity contribution >= 4 is 0 Å². The summed E-state index contributed by atoms with van der Waals surface area (Å²) < 4.78 is 5.41. The van der Waals surface area contributed by atoms with Crippen LogP contribution in [0.3, 0.4) is 0 Å². The van der Waals surface area contributed by atoms with Gasteiger partial charge in [0.2, 0.25) is 5.89 Å². The van der Waals surface area contributed by atoms with Gasteiger partial charge in [-0.3, -0.25) is 0 Å². The van der Waals surface area contributed by atoms with E-state index in [1.807, 2.05) is 6.07 Å². The zero-order valence-electron chi connectivity index (χ0n) is 11.7. The number of aryl methyl sites for hydroxylation is 1. The molecule has 0 saturated heterocycles. The van der Waals surface area contributed by atoms with Crippen LogP contribution in [0.5, 0.6) is 0 Å². The summed E-state index contributed by atoms with van der Waals surface area (Å²) in [7, 11) is 0. The summed E-state index contributed by atoms with van der Waals surface area (Å²) in [6.45, 7) is 0.717. The fourth-order valence-corrected chi connectivity index (χ4v) is 2.90. The zero-order chi connectivity index (χ0) is 13.8. The van der Waals surface area contributed by atoms with Crippen LogP contribution in [-0.2, 0) is 11.8 Å². The average molecular weight is 271 g/mol. The van der Waals surface area contributed by atoms with Crippen molar-refractivity contribution in [1.29, 1.82) is 0 Å². The van der Waals surface area contributed by atoms with Crippen LogP contribution in [0, 0.1) is 0 Å². The van der Waals surface area contributed by atoms with Crippen molar-refractivity contribution in [2.75, 3.05) is 6.54 Å². The fraction of sp³-hybridized carbons (Fsp3) is 0.500. The van der Waals surface area contributed by atoms with Crippen molar-refractivity contribution in [1.82, 2.24) is 10.1 Å². The number of unbranched alkanes of at least 4 members (excludes halogenated alkanes) is 1. The van der Waals surface area contributed by atoms with Crippen LogP contribution in [0.25, 0.3) is 0 Å². The summed E-state index contributed by atoms with van der Waals surface area (Å²) in [4.78, 5) is 4.63. The van der Waals surface area contributed by atoms with Crippen LogP contribution in [0.4, 0.5) is 0 Å². The van der Waals surface area contributed by atoms with Gasteiger partial charge in [0.25, 0.3) is 0 Å². The Morgan fingerprint density at radius 3 is 2.60 bits per heavy atom. The Balaban J connectivity index is 1.80. The number of rotatable bonds is 6. The molecular weight excluding hydrogens is 250 g/mol. The predicted molar refractivity (Wildman–Crippen MR) is 77.4 cm³/mol. The third kappa shape index (κ3) is 2.36. The van der Waals surface area contributed by atoms with E-state index in [0.717, 1.165) is 50.4 Å². The number of nitrogens with two attached hydrogens (primary N) is 1. The summed E-state index contributed by atoms with van der Waals surface area (Å²) >= 11 is 0. The molecule has 20 heavy (non-hydrogen) atoms. The van der Waals surface area contributed by atoms with E-state index in [4.69, 9.17) is 10.3 Å². The van der Waals surface area contributed by atoms with Gasteiger partial charge in [-0.2, -0.15) is 4.98 Å². The molecule has 0 unspecified atom stereocenters. The van der Waals surface area contributed by atoms with Gasteiger partial charge < -0.3 is 10.3 Å². The molecule has 0 aliphatic heterocycles. The average Bonchev–Trinajstić information content (AvgIpc) is 2.88.